The Balaban J connectivity index is 1.50. The lowest BCUT2D eigenvalue weighted by Crippen LogP contribution is -2.23. The highest BCUT2D eigenvalue weighted by atomic mass is 35.5. The molecule has 0 atom stereocenters. The van der Waals surface area contributed by atoms with E-state index >= 15 is 0 Å². The normalized spacial score (nSPS) is 18.3. The van der Waals surface area contributed by atoms with Crippen molar-refractivity contribution in [3.8, 4) is 5.69 Å². The zero-order valence-electron chi connectivity index (χ0n) is 16.2. The fraction of sp³-hybridized carbons (Fsp3) is 0.591. The van der Waals surface area contributed by atoms with Gasteiger partial charge < -0.3 is 4.90 Å². The Labute approximate surface area is 172 Å². The third kappa shape index (κ3) is 5.10. The molecule has 0 bridgehead atoms. The molecule has 1 aromatic heterocycles. The lowest BCUT2D eigenvalue weighted by molar-refractivity contribution is 0.340. The van der Waals surface area contributed by atoms with Gasteiger partial charge in [0, 0.05) is 41.2 Å². The molecule has 0 saturated heterocycles. The molecule has 0 N–H and O–H groups in total. The summed E-state index contributed by atoms with van der Waals surface area (Å²) in [5.74, 6) is 2.67. The maximum atomic E-state index is 6.13. The lowest BCUT2D eigenvalue weighted by Gasteiger charge is -2.23. The van der Waals surface area contributed by atoms with Crippen molar-refractivity contribution in [3.63, 3.8) is 0 Å². The largest absolute Gasteiger partial charge is 0.305 e. The van der Waals surface area contributed by atoms with E-state index in [4.69, 9.17) is 16.6 Å². The van der Waals surface area contributed by atoms with Crippen molar-refractivity contribution >= 4 is 23.4 Å². The molecule has 0 amide bonds. The summed E-state index contributed by atoms with van der Waals surface area (Å²) in [5, 5.41) is 1.91. The van der Waals surface area contributed by atoms with E-state index < -0.39 is 0 Å². The van der Waals surface area contributed by atoms with Crippen molar-refractivity contribution in [2.75, 3.05) is 25.9 Å². The maximum Gasteiger partial charge on any atom is 0.172 e. The van der Waals surface area contributed by atoms with Crippen molar-refractivity contribution in [2.24, 2.45) is 5.92 Å². The summed E-state index contributed by atoms with van der Waals surface area (Å²) in [5.41, 5.74) is 2.57. The van der Waals surface area contributed by atoms with Crippen LogP contribution in [-0.2, 0) is 0 Å². The highest BCUT2D eigenvalue weighted by molar-refractivity contribution is 7.99. The smallest absolute Gasteiger partial charge is 0.172 e. The second-order valence-corrected chi connectivity index (χ2v) is 9.66. The van der Waals surface area contributed by atoms with E-state index in [1.807, 2.05) is 23.9 Å². The van der Waals surface area contributed by atoms with E-state index in [0.717, 1.165) is 28.4 Å². The molecule has 3 nitrogen and oxygen atoms in total. The first-order chi connectivity index (χ1) is 13.2. The van der Waals surface area contributed by atoms with Gasteiger partial charge in [-0.3, -0.25) is 4.57 Å². The standard InChI is InChI=1S/C22H30ClN3S/c1-25(16-17-7-8-17)13-14-27-22-24-15-21(18-5-3-2-4-6-18)26(22)20-11-9-19(23)10-12-20/h9-12,15,17-18H,2-8,13-14,16H2,1H3. The Kier molecular flexibility index (Phi) is 6.46. The minimum atomic E-state index is 0.633. The predicted octanol–water partition coefficient (Wildman–Crippen LogP) is 6.01. The van der Waals surface area contributed by atoms with Crippen molar-refractivity contribution in [1.29, 1.82) is 0 Å². The van der Waals surface area contributed by atoms with Gasteiger partial charge in [-0.05, 0) is 62.9 Å². The van der Waals surface area contributed by atoms with Crippen molar-refractivity contribution < 1.29 is 0 Å². The van der Waals surface area contributed by atoms with Crippen LogP contribution >= 0.6 is 23.4 Å². The van der Waals surface area contributed by atoms with Crippen LogP contribution in [-0.4, -0.2) is 40.3 Å². The molecule has 1 heterocycles. The average Bonchev–Trinajstić information content (AvgIpc) is 3.40. The maximum absolute atomic E-state index is 6.13. The SMILES string of the molecule is CN(CCSc1ncc(C2CCCCC2)n1-c1ccc(Cl)cc1)CC1CC1. The van der Waals surface area contributed by atoms with E-state index in [0.29, 0.717) is 5.92 Å². The van der Waals surface area contributed by atoms with Gasteiger partial charge in [0.25, 0.3) is 0 Å². The highest BCUT2D eigenvalue weighted by Crippen LogP contribution is 2.36. The number of thioether (sulfide) groups is 1. The second-order valence-electron chi connectivity index (χ2n) is 8.17. The Morgan fingerprint density at radius 3 is 2.56 bits per heavy atom. The second kappa shape index (κ2) is 9.02. The summed E-state index contributed by atoms with van der Waals surface area (Å²) in [6.07, 6.45) is 11.6. The molecule has 2 aliphatic rings. The van der Waals surface area contributed by atoms with Gasteiger partial charge in [0.05, 0.1) is 6.20 Å². The number of imidazole rings is 1. The Morgan fingerprint density at radius 1 is 1.11 bits per heavy atom. The number of nitrogens with zero attached hydrogens (tertiary/aromatic N) is 3. The third-order valence-electron chi connectivity index (χ3n) is 5.84. The molecule has 1 aromatic carbocycles. The fourth-order valence-corrected chi connectivity index (χ4v) is 5.29. The number of hydrogen-bond donors (Lipinski definition) is 0. The van der Waals surface area contributed by atoms with Crippen molar-refractivity contribution in [3.05, 3.63) is 41.2 Å². The lowest BCUT2D eigenvalue weighted by atomic mass is 9.87. The van der Waals surface area contributed by atoms with Gasteiger partial charge in [0.2, 0.25) is 0 Å². The molecule has 4 rings (SSSR count). The first-order valence-electron chi connectivity index (χ1n) is 10.4. The number of aromatic nitrogens is 2. The molecular weight excluding hydrogens is 374 g/mol. The monoisotopic (exact) mass is 403 g/mol. The Hall–Kier alpha value is -0.970. The van der Waals surface area contributed by atoms with Crippen LogP contribution < -0.4 is 0 Å². The number of rotatable bonds is 8. The topological polar surface area (TPSA) is 21.1 Å². The molecule has 2 aliphatic carbocycles. The molecule has 27 heavy (non-hydrogen) atoms. The van der Waals surface area contributed by atoms with Crippen LogP contribution in [0.3, 0.4) is 0 Å². The fourth-order valence-electron chi connectivity index (χ4n) is 4.11. The molecule has 0 aliphatic heterocycles. The number of hydrogen-bond acceptors (Lipinski definition) is 3. The van der Waals surface area contributed by atoms with Crippen LogP contribution in [0.25, 0.3) is 5.69 Å². The van der Waals surface area contributed by atoms with E-state index in [-0.39, 0.29) is 0 Å². The predicted molar refractivity (Wildman–Crippen MR) is 115 cm³/mol. The summed E-state index contributed by atoms with van der Waals surface area (Å²) < 4.78 is 2.39. The van der Waals surface area contributed by atoms with Crippen LogP contribution in [0.1, 0.15) is 56.6 Å². The van der Waals surface area contributed by atoms with Crippen LogP contribution in [0, 0.1) is 5.92 Å². The van der Waals surface area contributed by atoms with E-state index in [9.17, 15) is 0 Å². The zero-order valence-corrected chi connectivity index (χ0v) is 17.8. The van der Waals surface area contributed by atoms with Crippen molar-refractivity contribution in [2.45, 2.75) is 56.0 Å². The summed E-state index contributed by atoms with van der Waals surface area (Å²) >= 11 is 8.01. The van der Waals surface area contributed by atoms with Crippen molar-refractivity contribution in [1.82, 2.24) is 14.5 Å². The number of benzene rings is 1. The molecule has 0 spiro atoms. The minimum absolute atomic E-state index is 0.633. The summed E-state index contributed by atoms with van der Waals surface area (Å²) in [7, 11) is 2.25. The Morgan fingerprint density at radius 2 is 1.85 bits per heavy atom. The summed E-state index contributed by atoms with van der Waals surface area (Å²) in [6.45, 7) is 2.37. The molecule has 146 valence electrons. The molecule has 2 aromatic rings. The van der Waals surface area contributed by atoms with Gasteiger partial charge in [-0.1, -0.05) is 42.6 Å². The molecule has 5 heteroatoms. The van der Waals surface area contributed by atoms with Gasteiger partial charge in [0.15, 0.2) is 5.16 Å². The van der Waals surface area contributed by atoms with Gasteiger partial charge in [0.1, 0.15) is 0 Å². The van der Waals surface area contributed by atoms with Crippen LogP contribution in [0.4, 0.5) is 0 Å². The summed E-state index contributed by atoms with van der Waals surface area (Å²) in [4.78, 5) is 7.31. The highest BCUT2D eigenvalue weighted by Gasteiger charge is 2.24. The number of halogens is 1. The zero-order chi connectivity index (χ0) is 18.6. The molecule has 2 fully saturated rings. The minimum Gasteiger partial charge on any atom is -0.305 e. The molecular formula is C22H30ClN3S. The molecule has 2 saturated carbocycles. The van der Waals surface area contributed by atoms with Gasteiger partial charge in [-0.2, -0.15) is 0 Å². The first-order valence-corrected chi connectivity index (χ1v) is 11.7. The third-order valence-corrected chi connectivity index (χ3v) is 7.02. The van der Waals surface area contributed by atoms with Crippen LogP contribution in [0.15, 0.2) is 35.6 Å². The van der Waals surface area contributed by atoms with Gasteiger partial charge in [-0.25, -0.2) is 4.98 Å². The average molecular weight is 404 g/mol. The van der Waals surface area contributed by atoms with E-state index in [1.165, 1.54) is 62.9 Å². The van der Waals surface area contributed by atoms with Crippen LogP contribution in [0.5, 0.6) is 0 Å². The van der Waals surface area contributed by atoms with Gasteiger partial charge in [-0.15, -0.1) is 0 Å². The summed E-state index contributed by atoms with van der Waals surface area (Å²) in [6, 6.07) is 8.22. The van der Waals surface area contributed by atoms with E-state index in [1.54, 1.807) is 0 Å². The quantitative estimate of drug-likeness (QED) is 0.504. The molecule has 0 unspecified atom stereocenters. The van der Waals surface area contributed by atoms with Gasteiger partial charge >= 0.3 is 0 Å². The first kappa shape index (κ1) is 19.4. The molecule has 0 radical (unpaired) electrons. The Bertz CT molecular complexity index is 733. The van der Waals surface area contributed by atoms with E-state index in [2.05, 4.69) is 34.8 Å². The van der Waals surface area contributed by atoms with Crippen LogP contribution in [0.2, 0.25) is 5.02 Å².